The molecular weight excluding hydrogens is 231 g/mol. The van der Waals surface area contributed by atoms with Crippen molar-refractivity contribution in [2.24, 2.45) is 0 Å². The number of nitrogens with one attached hydrogen (secondary N) is 1. The topological polar surface area (TPSA) is 35.5 Å². The van der Waals surface area contributed by atoms with Crippen molar-refractivity contribution in [3.8, 4) is 0 Å². The maximum atomic E-state index is 13.7. The van der Waals surface area contributed by atoms with Crippen LogP contribution in [0, 0.1) is 5.82 Å². The predicted octanol–water partition coefficient (Wildman–Crippen LogP) is 1.08. The van der Waals surface area contributed by atoms with Crippen LogP contribution in [0.5, 0.6) is 0 Å². The van der Waals surface area contributed by atoms with Crippen molar-refractivity contribution >= 4 is 0 Å². The maximum Gasteiger partial charge on any atom is 0.126 e. The molecule has 98 valence electrons. The van der Waals surface area contributed by atoms with E-state index in [4.69, 9.17) is 0 Å². The quantitative estimate of drug-likeness (QED) is 0.783. The highest BCUT2D eigenvalue weighted by molar-refractivity contribution is 5.34. The van der Waals surface area contributed by atoms with Crippen LogP contribution in [0.4, 0.5) is 4.39 Å². The Balaban J connectivity index is 1.84. The van der Waals surface area contributed by atoms with Crippen LogP contribution in [0.3, 0.4) is 0 Å². The van der Waals surface area contributed by atoms with Crippen molar-refractivity contribution in [2.75, 3.05) is 26.2 Å². The van der Waals surface area contributed by atoms with Gasteiger partial charge in [0.25, 0.3) is 0 Å². The maximum absolute atomic E-state index is 13.7. The fourth-order valence-corrected chi connectivity index (χ4v) is 3.17. The summed E-state index contributed by atoms with van der Waals surface area (Å²) in [5, 5.41) is 13.8. The fourth-order valence-electron chi connectivity index (χ4n) is 3.17. The number of benzene rings is 1. The summed E-state index contributed by atoms with van der Waals surface area (Å²) in [7, 11) is 0. The second-order valence-corrected chi connectivity index (χ2v) is 5.14. The lowest BCUT2D eigenvalue weighted by molar-refractivity contribution is 0.0291. The number of rotatable bonds is 1. The van der Waals surface area contributed by atoms with E-state index in [0.29, 0.717) is 5.56 Å². The lowest BCUT2D eigenvalue weighted by atomic mass is 9.84. The number of nitrogens with zero attached hydrogens (tertiary/aromatic N) is 1. The first-order valence-corrected chi connectivity index (χ1v) is 6.67. The van der Waals surface area contributed by atoms with Crippen molar-refractivity contribution < 1.29 is 9.50 Å². The molecule has 0 amide bonds. The third-order valence-corrected chi connectivity index (χ3v) is 4.15. The summed E-state index contributed by atoms with van der Waals surface area (Å²) in [5.41, 5.74) is 1.49. The molecule has 2 atom stereocenters. The molecular formula is C14H19FN2O. The summed E-state index contributed by atoms with van der Waals surface area (Å²) < 4.78 is 13.7. The molecule has 1 aliphatic carbocycles. The van der Waals surface area contributed by atoms with Gasteiger partial charge >= 0.3 is 0 Å². The van der Waals surface area contributed by atoms with Gasteiger partial charge in [-0.15, -0.1) is 0 Å². The molecule has 1 aromatic carbocycles. The molecule has 2 N–H and O–H groups in total. The molecule has 0 aromatic heterocycles. The number of halogens is 1. The minimum absolute atomic E-state index is 0.140. The molecule has 1 heterocycles. The first kappa shape index (κ1) is 12.1. The van der Waals surface area contributed by atoms with Crippen LogP contribution in [-0.2, 0) is 6.42 Å². The Kier molecular flexibility index (Phi) is 3.33. The molecule has 0 radical (unpaired) electrons. The summed E-state index contributed by atoms with van der Waals surface area (Å²) in [6.07, 6.45) is 1.02. The Morgan fingerprint density at radius 3 is 2.83 bits per heavy atom. The van der Waals surface area contributed by atoms with Gasteiger partial charge in [0.15, 0.2) is 0 Å². The van der Waals surface area contributed by atoms with Crippen molar-refractivity contribution in [3.05, 3.63) is 35.1 Å². The zero-order valence-electron chi connectivity index (χ0n) is 10.4. The lowest BCUT2D eigenvalue weighted by Crippen LogP contribution is -2.51. The van der Waals surface area contributed by atoms with Crippen LogP contribution in [-0.4, -0.2) is 42.2 Å². The van der Waals surface area contributed by atoms with E-state index < -0.39 is 6.10 Å². The largest absolute Gasteiger partial charge is 0.387 e. The number of piperazine rings is 1. The minimum atomic E-state index is -0.553. The molecule has 1 fully saturated rings. The minimum Gasteiger partial charge on any atom is -0.387 e. The van der Waals surface area contributed by atoms with Gasteiger partial charge in [-0.3, -0.25) is 4.90 Å². The van der Waals surface area contributed by atoms with Crippen LogP contribution < -0.4 is 5.32 Å². The second kappa shape index (κ2) is 4.96. The molecule has 2 aliphatic rings. The SMILES string of the molecule is OC1c2cccc(F)c2CCC1N1CCNCC1. The molecule has 1 aromatic rings. The summed E-state index contributed by atoms with van der Waals surface area (Å²) in [4.78, 5) is 2.33. The molecule has 4 heteroatoms. The van der Waals surface area contributed by atoms with E-state index in [0.717, 1.165) is 44.6 Å². The number of fused-ring (bicyclic) bond motifs is 1. The van der Waals surface area contributed by atoms with Crippen LogP contribution >= 0.6 is 0 Å². The summed E-state index contributed by atoms with van der Waals surface area (Å²) in [5.74, 6) is -0.176. The van der Waals surface area contributed by atoms with Gasteiger partial charge in [0.2, 0.25) is 0 Å². The van der Waals surface area contributed by atoms with E-state index in [1.807, 2.05) is 6.07 Å². The third-order valence-electron chi connectivity index (χ3n) is 4.15. The van der Waals surface area contributed by atoms with Crippen LogP contribution in [0.15, 0.2) is 18.2 Å². The number of aliphatic hydroxyl groups excluding tert-OH is 1. The van der Waals surface area contributed by atoms with Crippen LogP contribution in [0.25, 0.3) is 0 Å². The first-order valence-electron chi connectivity index (χ1n) is 6.67. The fraction of sp³-hybridized carbons (Fsp3) is 0.571. The van der Waals surface area contributed by atoms with Crippen molar-refractivity contribution in [1.29, 1.82) is 0 Å². The number of hydrogen-bond donors (Lipinski definition) is 2. The Hall–Kier alpha value is -0.970. The standard InChI is InChI=1S/C14H19FN2O/c15-12-3-1-2-11-10(12)4-5-13(14(11)18)17-8-6-16-7-9-17/h1-3,13-14,16,18H,4-9H2. The van der Waals surface area contributed by atoms with Gasteiger partial charge in [-0.25, -0.2) is 4.39 Å². The Morgan fingerprint density at radius 1 is 1.28 bits per heavy atom. The Morgan fingerprint density at radius 2 is 2.06 bits per heavy atom. The average Bonchev–Trinajstić information content (AvgIpc) is 2.41. The Bertz CT molecular complexity index is 432. The second-order valence-electron chi connectivity index (χ2n) is 5.14. The van der Waals surface area contributed by atoms with Gasteiger partial charge < -0.3 is 10.4 Å². The average molecular weight is 250 g/mol. The van der Waals surface area contributed by atoms with Gasteiger partial charge in [-0.1, -0.05) is 12.1 Å². The lowest BCUT2D eigenvalue weighted by Gasteiger charge is -2.40. The van der Waals surface area contributed by atoms with Gasteiger partial charge in [0.05, 0.1) is 6.10 Å². The smallest absolute Gasteiger partial charge is 0.126 e. The summed E-state index contributed by atoms with van der Waals surface area (Å²) >= 11 is 0. The molecule has 2 unspecified atom stereocenters. The Labute approximate surface area is 107 Å². The number of hydrogen-bond acceptors (Lipinski definition) is 3. The van der Waals surface area contributed by atoms with E-state index >= 15 is 0 Å². The van der Waals surface area contributed by atoms with Crippen molar-refractivity contribution in [2.45, 2.75) is 25.0 Å². The van der Waals surface area contributed by atoms with Crippen LogP contribution in [0.2, 0.25) is 0 Å². The summed E-state index contributed by atoms with van der Waals surface area (Å²) in [6.45, 7) is 3.87. The molecule has 1 aliphatic heterocycles. The normalized spacial score (nSPS) is 29.0. The monoisotopic (exact) mass is 250 g/mol. The molecule has 0 spiro atoms. The summed E-state index contributed by atoms with van der Waals surface area (Å²) in [6, 6.07) is 5.17. The first-order chi connectivity index (χ1) is 8.77. The van der Waals surface area contributed by atoms with Gasteiger partial charge in [0.1, 0.15) is 5.82 Å². The van der Waals surface area contributed by atoms with Gasteiger partial charge in [0, 0.05) is 32.2 Å². The molecule has 3 rings (SSSR count). The predicted molar refractivity (Wildman–Crippen MR) is 67.9 cm³/mol. The molecule has 0 saturated carbocycles. The van der Waals surface area contributed by atoms with E-state index in [-0.39, 0.29) is 11.9 Å². The van der Waals surface area contributed by atoms with E-state index in [9.17, 15) is 9.50 Å². The highest BCUT2D eigenvalue weighted by Gasteiger charge is 2.33. The van der Waals surface area contributed by atoms with E-state index in [2.05, 4.69) is 10.2 Å². The van der Waals surface area contributed by atoms with Crippen LogP contribution in [0.1, 0.15) is 23.7 Å². The molecule has 1 saturated heterocycles. The van der Waals surface area contributed by atoms with Crippen molar-refractivity contribution in [3.63, 3.8) is 0 Å². The highest BCUT2D eigenvalue weighted by Crippen LogP contribution is 2.34. The van der Waals surface area contributed by atoms with Gasteiger partial charge in [-0.05, 0) is 30.0 Å². The zero-order valence-corrected chi connectivity index (χ0v) is 10.4. The number of aliphatic hydroxyl groups is 1. The molecule has 18 heavy (non-hydrogen) atoms. The third kappa shape index (κ3) is 2.05. The van der Waals surface area contributed by atoms with E-state index in [1.165, 1.54) is 6.07 Å². The molecule has 0 bridgehead atoms. The highest BCUT2D eigenvalue weighted by atomic mass is 19.1. The van der Waals surface area contributed by atoms with Crippen molar-refractivity contribution in [1.82, 2.24) is 10.2 Å². The van der Waals surface area contributed by atoms with Gasteiger partial charge in [-0.2, -0.15) is 0 Å². The zero-order chi connectivity index (χ0) is 12.5. The molecule has 3 nitrogen and oxygen atoms in total. The van der Waals surface area contributed by atoms with E-state index in [1.54, 1.807) is 6.07 Å².